The van der Waals surface area contributed by atoms with Gasteiger partial charge in [-0.3, -0.25) is 9.59 Å². The van der Waals surface area contributed by atoms with Crippen LogP contribution in [0.5, 0.6) is 11.5 Å². The minimum absolute atomic E-state index is 0.0938. The third-order valence-corrected chi connectivity index (χ3v) is 3.82. The highest BCUT2D eigenvalue weighted by atomic mass is 35.5. The van der Waals surface area contributed by atoms with Gasteiger partial charge < -0.3 is 9.72 Å². The Morgan fingerprint density at radius 2 is 1.90 bits per heavy atom. The van der Waals surface area contributed by atoms with Crippen molar-refractivity contribution in [3.05, 3.63) is 78.6 Å². The molecule has 0 saturated carbocycles. The number of H-pyrrole nitrogens is 2. The van der Waals surface area contributed by atoms with Gasteiger partial charge in [-0.2, -0.15) is 23.5 Å². The van der Waals surface area contributed by atoms with E-state index in [1.54, 1.807) is 6.07 Å². The van der Waals surface area contributed by atoms with Gasteiger partial charge in [-0.15, -0.1) is 0 Å². The smallest absolute Gasteiger partial charge is 0.437 e. The zero-order valence-corrected chi connectivity index (χ0v) is 15.2. The first kappa shape index (κ1) is 21.0. The highest BCUT2D eigenvalue weighted by Gasteiger charge is 2.39. The Morgan fingerprint density at radius 1 is 1.17 bits per heavy atom. The maximum Gasteiger partial charge on any atom is 0.437 e. The molecule has 3 rings (SSSR count). The molecule has 0 amide bonds. The number of alkyl halides is 3. The lowest BCUT2D eigenvalue weighted by molar-refractivity contribution is -0.142. The lowest BCUT2D eigenvalue weighted by Crippen LogP contribution is -2.23. The summed E-state index contributed by atoms with van der Waals surface area (Å²) in [6.45, 7) is 0. The predicted octanol–water partition coefficient (Wildman–Crippen LogP) is 2.92. The third kappa shape index (κ3) is 4.64. The molecule has 2 N–H and O–H groups in total. The maximum atomic E-state index is 13.5. The molecule has 0 aliphatic rings. The first-order chi connectivity index (χ1) is 14.1. The molecule has 1 aromatic carbocycles. The minimum atomic E-state index is -5.12. The second-order valence-electron chi connectivity index (χ2n) is 5.80. The summed E-state index contributed by atoms with van der Waals surface area (Å²) in [7, 11) is 0. The van der Waals surface area contributed by atoms with E-state index in [2.05, 4.69) is 15.1 Å². The summed E-state index contributed by atoms with van der Waals surface area (Å²) in [6, 6.07) is 5.20. The summed E-state index contributed by atoms with van der Waals surface area (Å²) in [5.74, 6) is -3.20. The molecule has 0 radical (unpaired) electrons. The van der Waals surface area contributed by atoms with Crippen LogP contribution >= 0.6 is 11.6 Å². The lowest BCUT2D eigenvalue weighted by atomic mass is 10.2. The number of halogens is 5. The predicted molar refractivity (Wildman–Crippen MR) is 93.7 cm³/mol. The van der Waals surface area contributed by atoms with Crippen molar-refractivity contribution in [1.82, 2.24) is 20.2 Å². The number of nitrogens with zero attached hydrogens (tertiary/aromatic N) is 3. The van der Waals surface area contributed by atoms with Crippen LogP contribution in [0.25, 0.3) is 0 Å². The van der Waals surface area contributed by atoms with Gasteiger partial charge in [-0.25, -0.2) is 14.5 Å². The zero-order valence-electron chi connectivity index (χ0n) is 14.5. The summed E-state index contributed by atoms with van der Waals surface area (Å²) in [5.41, 5.74) is -4.08. The first-order valence-electron chi connectivity index (χ1n) is 7.90. The normalized spacial score (nSPS) is 11.2. The van der Waals surface area contributed by atoms with E-state index in [0.29, 0.717) is 6.07 Å². The van der Waals surface area contributed by atoms with Crippen LogP contribution in [-0.2, 0) is 12.6 Å². The Balaban J connectivity index is 2.08. The molecule has 2 aromatic heterocycles. The highest BCUT2D eigenvalue weighted by Crippen LogP contribution is 2.35. The van der Waals surface area contributed by atoms with Crippen molar-refractivity contribution in [2.75, 3.05) is 0 Å². The fourth-order valence-corrected chi connectivity index (χ4v) is 2.59. The third-order valence-electron chi connectivity index (χ3n) is 3.62. The number of aromatic amines is 2. The Kier molecular flexibility index (Phi) is 5.57. The van der Waals surface area contributed by atoms with Crippen molar-refractivity contribution in [1.29, 1.82) is 5.26 Å². The maximum absolute atomic E-state index is 13.5. The Bertz CT molecular complexity index is 1280. The molecule has 0 atom stereocenters. The number of nitriles is 1. The largest absolute Gasteiger partial charge is 0.449 e. The fraction of sp³-hybridized carbons (Fsp3) is 0.118. The molecule has 30 heavy (non-hydrogen) atoms. The Morgan fingerprint density at radius 3 is 2.57 bits per heavy atom. The molecule has 0 bridgehead atoms. The van der Waals surface area contributed by atoms with Crippen molar-refractivity contribution in [3.8, 4) is 17.6 Å². The zero-order chi connectivity index (χ0) is 22.1. The van der Waals surface area contributed by atoms with E-state index in [1.165, 1.54) is 0 Å². The molecule has 0 unspecified atom stereocenters. The molecule has 3 aromatic rings. The van der Waals surface area contributed by atoms with Gasteiger partial charge in [0.05, 0.1) is 11.6 Å². The van der Waals surface area contributed by atoms with Gasteiger partial charge in [0.25, 0.3) is 11.1 Å². The van der Waals surface area contributed by atoms with Gasteiger partial charge in [0.1, 0.15) is 22.5 Å². The first-order valence-corrected chi connectivity index (χ1v) is 8.27. The number of hydrogen-bond acceptors (Lipinski definition) is 6. The summed E-state index contributed by atoms with van der Waals surface area (Å²) in [4.78, 5) is 29.5. The van der Waals surface area contributed by atoms with E-state index >= 15 is 0 Å². The van der Waals surface area contributed by atoms with E-state index in [-0.39, 0.29) is 16.3 Å². The second-order valence-corrected chi connectivity index (χ2v) is 6.19. The number of aromatic nitrogens is 4. The number of nitrogens with one attached hydrogen (secondary N) is 2. The van der Waals surface area contributed by atoms with Crippen molar-refractivity contribution >= 4 is 11.6 Å². The van der Waals surface area contributed by atoms with Crippen LogP contribution in [0.3, 0.4) is 0 Å². The van der Waals surface area contributed by atoms with Gasteiger partial charge in [0, 0.05) is 18.1 Å². The van der Waals surface area contributed by atoms with Crippen LogP contribution < -0.4 is 15.9 Å². The number of benzene rings is 1. The summed E-state index contributed by atoms with van der Waals surface area (Å²) in [6.07, 6.45) is -5.61. The van der Waals surface area contributed by atoms with E-state index in [4.69, 9.17) is 21.6 Å². The summed E-state index contributed by atoms with van der Waals surface area (Å²) >= 11 is 5.64. The lowest BCUT2D eigenvalue weighted by Gasteiger charge is -2.13. The van der Waals surface area contributed by atoms with Gasteiger partial charge in [-0.1, -0.05) is 11.6 Å². The van der Waals surface area contributed by atoms with Crippen LogP contribution in [-0.4, -0.2) is 20.2 Å². The van der Waals surface area contributed by atoms with E-state index < -0.39 is 52.6 Å². The Hall–Kier alpha value is -3.72. The molecule has 13 heteroatoms. The molecule has 2 heterocycles. The van der Waals surface area contributed by atoms with Crippen LogP contribution in [0.4, 0.5) is 17.6 Å². The monoisotopic (exact) mass is 441 g/mol. The molecule has 0 aliphatic heterocycles. The van der Waals surface area contributed by atoms with E-state index in [1.807, 2.05) is 5.10 Å². The van der Waals surface area contributed by atoms with Gasteiger partial charge in [0.2, 0.25) is 5.75 Å². The average molecular weight is 442 g/mol. The second kappa shape index (κ2) is 7.96. The molecular formula is C17H8ClF4N5O3. The quantitative estimate of drug-likeness (QED) is 0.600. The molecule has 154 valence electrons. The highest BCUT2D eigenvalue weighted by molar-refractivity contribution is 6.29. The Labute approximate surface area is 168 Å². The molecule has 0 aliphatic carbocycles. The van der Waals surface area contributed by atoms with Crippen LogP contribution in [0.2, 0.25) is 5.15 Å². The van der Waals surface area contributed by atoms with Gasteiger partial charge in [-0.05, 0) is 18.2 Å². The number of rotatable bonds is 4. The summed E-state index contributed by atoms with van der Waals surface area (Å²) in [5, 5.41) is 14.2. The van der Waals surface area contributed by atoms with Gasteiger partial charge in [0.15, 0.2) is 5.69 Å². The van der Waals surface area contributed by atoms with Crippen molar-refractivity contribution in [3.63, 3.8) is 0 Å². The minimum Gasteiger partial charge on any atom is -0.449 e. The molecule has 0 saturated heterocycles. The fourth-order valence-electron chi connectivity index (χ4n) is 2.41. The number of hydrogen-bond donors (Lipinski definition) is 2. The van der Waals surface area contributed by atoms with Crippen LogP contribution in [0.1, 0.15) is 22.6 Å². The van der Waals surface area contributed by atoms with Crippen LogP contribution in [0, 0.1) is 17.1 Å². The van der Waals surface area contributed by atoms with Crippen molar-refractivity contribution in [2.45, 2.75) is 12.6 Å². The molecule has 0 fully saturated rings. The SMILES string of the molecule is N#Cc1cc(F)cc(Oc2c(C(F)(F)F)nc(Cc3cc(Cl)n[nH]c3=O)[nH]c2=O)c1. The van der Waals surface area contributed by atoms with Crippen molar-refractivity contribution < 1.29 is 22.3 Å². The van der Waals surface area contributed by atoms with Gasteiger partial charge >= 0.3 is 6.18 Å². The van der Waals surface area contributed by atoms with E-state index in [9.17, 15) is 27.2 Å². The topological polar surface area (TPSA) is 125 Å². The molecule has 8 nitrogen and oxygen atoms in total. The standard InChI is InChI=1S/C17H8ClF4N5O3/c18-11-3-8(15(28)27-26-11)4-12-24-14(17(20,21)22)13(16(29)25-12)30-10-2-7(6-23)1-9(19)5-10/h1-3,5H,4H2,(H,27,28)(H,24,25,29). The van der Waals surface area contributed by atoms with E-state index in [0.717, 1.165) is 18.2 Å². The number of ether oxygens (including phenoxy) is 1. The van der Waals surface area contributed by atoms with Crippen molar-refractivity contribution in [2.24, 2.45) is 0 Å². The van der Waals surface area contributed by atoms with Crippen LogP contribution in [0.15, 0.2) is 33.9 Å². The average Bonchev–Trinajstić information content (AvgIpc) is 2.65. The molecule has 0 spiro atoms. The molecular weight excluding hydrogens is 434 g/mol. The summed E-state index contributed by atoms with van der Waals surface area (Å²) < 4.78 is 58.9.